The summed E-state index contributed by atoms with van der Waals surface area (Å²) in [6.45, 7) is 7.68. The second-order valence-corrected chi connectivity index (χ2v) is 8.26. The van der Waals surface area contributed by atoms with Crippen molar-refractivity contribution in [1.29, 1.82) is 0 Å². The van der Waals surface area contributed by atoms with Gasteiger partial charge in [-0.1, -0.05) is 41.6 Å². The topological polar surface area (TPSA) is 76.4 Å². The van der Waals surface area contributed by atoms with Crippen molar-refractivity contribution in [3.8, 4) is 0 Å². The summed E-state index contributed by atoms with van der Waals surface area (Å²) in [5.41, 5.74) is 5.09. The Hall–Kier alpha value is -2.86. The number of carboxylic acid groups (broad SMARTS) is 1. The maximum atomic E-state index is 10.7. The highest BCUT2D eigenvalue weighted by atomic mass is 16.4. The summed E-state index contributed by atoms with van der Waals surface area (Å²) in [6.07, 6.45) is 3.51. The molecule has 0 amide bonds. The van der Waals surface area contributed by atoms with Crippen LogP contribution in [0, 0.1) is 6.92 Å². The molecular formula is C25H33N3O3. The van der Waals surface area contributed by atoms with E-state index in [1.807, 2.05) is 24.3 Å². The summed E-state index contributed by atoms with van der Waals surface area (Å²) in [6, 6.07) is 16.7. The Morgan fingerprint density at radius 1 is 1.00 bits per heavy atom. The van der Waals surface area contributed by atoms with Crippen molar-refractivity contribution in [3.05, 3.63) is 65.2 Å². The van der Waals surface area contributed by atoms with Crippen molar-refractivity contribution in [2.75, 3.05) is 37.6 Å². The highest BCUT2D eigenvalue weighted by molar-refractivity contribution is 6.01. The van der Waals surface area contributed by atoms with Gasteiger partial charge in [-0.25, -0.2) is 0 Å². The van der Waals surface area contributed by atoms with E-state index in [1.165, 1.54) is 23.2 Å². The molecule has 0 atom stereocenters. The minimum absolute atomic E-state index is 0.0413. The van der Waals surface area contributed by atoms with E-state index >= 15 is 0 Å². The lowest BCUT2D eigenvalue weighted by atomic mass is 10.0. The molecule has 0 aliphatic carbocycles. The van der Waals surface area contributed by atoms with Crippen LogP contribution in [0.4, 0.5) is 5.69 Å². The van der Waals surface area contributed by atoms with Gasteiger partial charge < -0.3 is 15.2 Å². The third-order valence-corrected chi connectivity index (χ3v) is 5.91. The first kappa shape index (κ1) is 22.8. The van der Waals surface area contributed by atoms with Crippen LogP contribution in [0.15, 0.2) is 53.7 Å². The molecule has 2 N–H and O–H groups in total. The lowest BCUT2D eigenvalue weighted by molar-refractivity contribution is -0.136. The number of hydrogen-bond donors (Lipinski definition) is 2. The van der Waals surface area contributed by atoms with Crippen molar-refractivity contribution in [2.45, 2.75) is 39.0 Å². The van der Waals surface area contributed by atoms with Crippen molar-refractivity contribution in [2.24, 2.45) is 5.16 Å². The normalized spacial score (nSPS) is 15.3. The number of piperazine rings is 1. The van der Waals surface area contributed by atoms with Gasteiger partial charge in [0.15, 0.2) is 0 Å². The quantitative estimate of drug-likeness (QED) is 0.259. The second kappa shape index (κ2) is 11.5. The summed E-state index contributed by atoms with van der Waals surface area (Å²) in [4.78, 5) is 15.8. The van der Waals surface area contributed by atoms with Gasteiger partial charge >= 0.3 is 5.97 Å². The zero-order valence-corrected chi connectivity index (χ0v) is 18.3. The zero-order valence-electron chi connectivity index (χ0n) is 18.3. The summed E-state index contributed by atoms with van der Waals surface area (Å²) >= 11 is 0. The van der Waals surface area contributed by atoms with E-state index in [2.05, 4.69) is 46.1 Å². The number of hydrogen-bond acceptors (Lipinski definition) is 5. The van der Waals surface area contributed by atoms with Crippen LogP contribution in [0.2, 0.25) is 0 Å². The molecule has 1 aliphatic rings. The van der Waals surface area contributed by atoms with Crippen LogP contribution in [0.3, 0.4) is 0 Å². The van der Waals surface area contributed by atoms with Crippen molar-refractivity contribution in [3.63, 3.8) is 0 Å². The van der Waals surface area contributed by atoms with Gasteiger partial charge in [0, 0.05) is 38.3 Å². The van der Waals surface area contributed by atoms with Crippen LogP contribution in [-0.4, -0.2) is 59.6 Å². The highest BCUT2D eigenvalue weighted by Gasteiger charge is 2.16. The Morgan fingerprint density at radius 2 is 1.74 bits per heavy atom. The molecule has 0 bridgehead atoms. The number of anilines is 1. The van der Waals surface area contributed by atoms with Crippen LogP contribution in [0.25, 0.3) is 0 Å². The van der Waals surface area contributed by atoms with Gasteiger partial charge in [-0.2, -0.15) is 0 Å². The van der Waals surface area contributed by atoms with E-state index in [-0.39, 0.29) is 12.8 Å². The van der Waals surface area contributed by atoms with Gasteiger partial charge in [-0.05, 0) is 61.6 Å². The molecule has 1 fully saturated rings. The number of carbonyl (C=O) groups is 1. The molecule has 0 saturated carbocycles. The Morgan fingerprint density at radius 3 is 2.39 bits per heavy atom. The number of benzene rings is 2. The second-order valence-electron chi connectivity index (χ2n) is 8.26. The smallest absolute Gasteiger partial charge is 0.303 e. The first-order valence-corrected chi connectivity index (χ1v) is 11.1. The molecule has 0 spiro atoms. The van der Waals surface area contributed by atoms with Crippen molar-refractivity contribution < 1.29 is 15.1 Å². The molecular weight excluding hydrogens is 390 g/mol. The average Bonchev–Trinajstić information content (AvgIpc) is 2.78. The van der Waals surface area contributed by atoms with E-state index < -0.39 is 5.97 Å². The van der Waals surface area contributed by atoms with Crippen LogP contribution in [-0.2, 0) is 11.2 Å². The SMILES string of the molecule is Cc1cccc(N2CCN(CCCCc3ccc(C(CCC(=O)O)=NO)cc3)CC2)c1. The van der Waals surface area contributed by atoms with Crippen molar-refractivity contribution >= 4 is 17.4 Å². The zero-order chi connectivity index (χ0) is 22.1. The van der Waals surface area contributed by atoms with E-state index in [1.54, 1.807) is 0 Å². The van der Waals surface area contributed by atoms with Gasteiger partial charge in [-0.3, -0.25) is 9.69 Å². The number of oxime groups is 1. The van der Waals surface area contributed by atoms with Gasteiger partial charge in [0.1, 0.15) is 0 Å². The lowest BCUT2D eigenvalue weighted by Gasteiger charge is -2.36. The minimum atomic E-state index is -0.894. The standard InChI is InChI=1S/C25H33N3O3/c1-20-5-4-7-23(19-20)28-17-15-27(16-18-28)14-3-2-6-21-8-10-22(11-9-21)24(26-31)12-13-25(29)30/h4-5,7-11,19,31H,2-3,6,12-18H2,1H3,(H,29,30). The van der Waals surface area contributed by atoms with E-state index in [4.69, 9.17) is 10.3 Å². The molecule has 31 heavy (non-hydrogen) atoms. The molecule has 1 aliphatic heterocycles. The first-order valence-electron chi connectivity index (χ1n) is 11.1. The molecule has 6 heteroatoms. The van der Waals surface area contributed by atoms with Gasteiger partial charge in [-0.15, -0.1) is 0 Å². The summed E-state index contributed by atoms with van der Waals surface area (Å²) < 4.78 is 0. The molecule has 6 nitrogen and oxygen atoms in total. The van der Waals surface area contributed by atoms with Crippen LogP contribution >= 0.6 is 0 Å². The minimum Gasteiger partial charge on any atom is -0.481 e. The Kier molecular flexibility index (Phi) is 8.47. The lowest BCUT2D eigenvalue weighted by Crippen LogP contribution is -2.46. The van der Waals surface area contributed by atoms with E-state index in [0.717, 1.165) is 51.1 Å². The van der Waals surface area contributed by atoms with Gasteiger partial charge in [0.2, 0.25) is 0 Å². The fourth-order valence-electron chi connectivity index (χ4n) is 4.06. The van der Waals surface area contributed by atoms with E-state index in [9.17, 15) is 4.79 Å². The molecule has 2 aromatic rings. The average molecular weight is 424 g/mol. The molecule has 2 aromatic carbocycles. The molecule has 166 valence electrons. The fourth-order valence-corrected chi connectivity index (χ4v) is 4.06. The van der Waals surface area contributed by atoms with Gasteiger partial charge in [0.25, 0.3) is 0 Å². The molecule has 1 saturated heterocycles. The number of nitrogens with zero attached hydrogens (tertiary/aromatic N) is 3. The third kappa shape index (κ3) is 7.10. The number of rotatable bonds is 10. The first-order chi connectivity index (χ1) is 15.0. The fraction of sp³-hybridized carbons (Fsp3) is 0.440. The predicted octanol–water partition coefficient (Wildman–Crippen LogP) is 4.18. The molecule has 0 unspecified atom stereocenters. The maximum absolute atomic E-state index is 10.7. The molecule has 0 aromatic heterocycles. The van der Waals surface area contributed by atoms with Crippen molar-refractivity contribution in [1.82, 2.24) is 4.90 Å². The van der Waals surface area contributed by atoms with Crippen LogP contribution in [0.5, 0.6) is 0 Å². The molecule has 0 radical (unpaired) electrons. The molecule has 1 heterocycles. The summed E-state index contributed by atoms with van der Waals surface area (Å²) in [5.74, 6) is -0.894. The number of unbranched alkanes of at least 4 members (excludes halogenated alkanes) is 1. The number of carboxylic acids is 1. The largest absolute Gasteiger partial charge is 0.481 e. The van der Waals surface area contributed by atoms with Crippen LogP contribution < -0.4 is 4.90 Å². The molecule has 3 rings (SSSR count). The Balaban J connectivity index is 1.36. The predicted molar refractivity (Wildman–Crippen MR) is 124 cm³/mol. The third-order valence-electron chi connectivity index (χ3n) is 5.91. The van der Waals surface area contributed by atoms with Crippen LogP contribution in [0.1, 0.15) is 42.4 Å². The summed E-state index contributed by atoms with van der Waals surface area (Å²) in [5, 5.41) is 21.2. The monoisotopic (exact) mass is 423 g/mol. The maximum Gasteiger partial charge on any atom is 0.303 e. The number of aryl methyl sites for hydroxylation is 2. The summed E-state index contributed by atoms with van der Waals surface area (Å²) in [7, 11) is 0. The van der Waals surface area contributed by atoms with E-state index in [0.29, 0.717) is 5.71 Å². The Labute approximate surface area is 184 Å². The van der Waals surface area contributed by atoms with Gasteiger partial charge in [0.05, 0.1) is 12.1 Å². The Bertz CT molecular complexity index is 872. The highest BCUT2D eigenvalue weighted by Crippen LogP contribution is 2.18. The number of aliphatic carboxylic acids is 1.